The van der Waals surface area contributed by atoms with Crippen LogP contribution in [0.5, 0.6) is 5.75 Å². The van der Waals surface area contributed by atoms with Gasteiger partial charge in [0.05, 0.1) is 31.0 Å². The van der Waals surface area contributed by atoms with Gasteiger partial charge in [0.2, 0.25) is 0 Å². The van der Waals surface area contributed by atoms with E-state index in [1.165, 1.54) is 30.1 Å². The van der Waals surface area contributed by atoms with Crippen LogP contribution in [0.4, 0.5) is 4.39 Å². The molecule has 0 amide bonds. The largest absolute Gasteiger partial charge is 0.496 e. The fourth-order valence-electron chi connectivity index (χ4n) is 2.97. The van der Waals surface area contributed by atoms with Crippen LogP contribution < -0.4 is 15.9 Å². The van der Waals surface area contributed by atoms with Gasteiger partial charge in [-0.15, -0.1) is 0 Å². The Hall–Kier alpha value is -3.48. The molecule has 0 aliphatic rings. The monoisotopic (exact) mass is 351 g/mol. The lowest BCUT2D eigenvalue weighted by Gasteiger charge is -2.09. The number of pyridine rings is 1. The predicted molar refractivity (Wildman–Crippen MR) is 96.2 cm³/mol. The van der Waals surface area contributed by atoms with Gasteiger partial charge in [0.25, 0.3) is 11.1 Å². The first-order valence-corrected chi connectivity index (χ1v) is 7.90. The van der Waals surface area contributed by atoms with E-state index in [2.05, 4.69) is 9.97 Å². The number of benzene rings is 2. The molecule has 4 aromatic rings. The second-order valence-corrected chi connectivity index (χ2v) is 5.89. The zero-order valence-corrected chi connectivity index (χ0v) is 13.8. The van der Waals surface area contributed by atoms with Crippen molar-refractivity contribution in [2.45, 2.75) is 6.54 Å². The molecule has 0 bridgehead atoms. The van der Waals surface area contributed by atoms with Gasteiger partial charge in [-0.25, -0.2) is 9.37 Å². The summed E-state index contributed by atoms with van der Waals surface area (Å²) in [5.41, 5.74) is 0.626. The van der Waals surface area contributed by atoms with Gasteiger partial charge in [0, 0.05) is 5.56 Å². The molecule has 1 N–H and O–H groups in total. The molecule has 4 rings (SSSR count). The lowest BCUT2D eigenvalue weighted by atomic mass is 10.1. The molecule has 0 atom stereocenters. The molecule has 0 aliphatic carbocycles. The van der Waals surface area contributed by atoms with E-state index < -0.39 is 5.82 Å². The summed E-state index contributed by atoms with van der Waals surface area (Å²) in [4.78, 5) is 32.0. The third kappa shape index (κ3) is 2.63. The summed E-state index contributed by atoms with van der Waals surface area (Å²) in [6.45, 7) is 0.0441. The fraction of sp³-hybridized carbons (Fsp3) is 0.105. The first kappa shape index (κ1) is 16.0. The lowest BCUT2D eigenvalue weighted by Crippen LogP contribution is -2.25. The van der Waals surface area contributed by atoms with E-state index in [1.807, 2.05) is 0 Å². The number of fused-ring (bicyclic) bond motifs is 2. The summed E-state index contributed by atoms with van der Waals surface area (Å²) < 4.78 is 19.9. The molecular weight excluding hydrogens is 337 g/mol. The smallest absolute Gasteiger partial charge is 0.265 e. The van der Waals surface area contributed by atoms with Crippen molar-refractivity contribution in [3.63, 3.8) is 0 Å². The Bertz CT molecular complexity index is 1260. The third-order valence-corrected chi connectivity index (χ3v) is 4.26. The van der Waals surface area contributed by atoms with Crippen LogP contribution in [0.15, 0.2) is 58.4 Å². The molecule has 0 spiro atoms. The molecule has 2 heterocycles. The molecule has 0 unspecified atom stereocenters. The number of rotatable bonds is 3. The Morgan fingerprint density at radius 2 is 2.04 bits per heavy atom. The Kier molecular flexibility index (Phi) is 3.76. The summed E-state index contributed by atoms with van der Waals surface area (Å²) in [7, 11) is 1.48. The number of methoxy groups -OCH3 is 1. The van der Waals surface area contributed by atoms with Crippen molar-refractivity contribution in [3.8, 4) is 5.75 Å². The summed E-state index contributed by atoms with van der Waals surface area (Å²) in [6.07, 6.45) is 1.40. The van der Waals surface area contributed by atoms with Crippen molar-refractivity contribution in [1.29, 1.82) is 0 Å². The second kappa shape index (κ2) is 6.11. The van der Waals surface area contributed by atoms with Crippen LogP contribution >= 0.6 is 0 Å². The molecule has 7 heteroatoms. The highest BCUT2D eigenvalue weighted by molar-refractivity contribution is 5.84. The average Bonchev–Trinajstić information content (AvgIpc) is 2.64. The Morgan fingerprint density at radius 1 is 1.19 bits per heavy atom. The maximum Gasteiger partial charge on any atom is 0.265 e. The topological polar surface area (TPSA) is 77.0 Å². The van der Waals surface area contributed by atoms with E-state index in [0.29, 0.717) is 33.1 Å². The van der Waals surface area contributed by atoms with Crippen molar-refractivity contribution in [2.24, 2.45) is 0 Å². The predicted octanol–water partition coefficient (Wildman–Crippen LogP) is 2.43. The van der Waals surface area contributed by atoms with E-state index in [-0.39, 0.29) is 17.7 Å². The van der Waals surface area contributed by atoms with E-state index in [1.54, 1.807) is 30.3 Å². The van der Waals surface area contributed by atoms with E-state index in [0.717, 1.165) is 0 Å². The molecule has 26 heavy (non-hydrogen) atoms. The van der Waals surface area contributed by atoms with E-state index >= 15 is 0 Å². The molecular formula is C19H14FN3O3. The SMILES string of the molecule is COc1cccc2ncn(Cc3cc4ccc(F)cc4[nH]c3=O)c(=O)c12. The number of halogens is 1. The summed E-state index contributed by atoms with van der Waals surface area (Å²) in [5, 5.41) is 1.04. The summed E-state index contributed by atoms with van der Waals surface area (Å²) in [5.74, 6) is 0.000176. The van der Waals surface area contributed by atoms with Crippen molar-refractivity contribution >= 4 is 21.8 Å². The maximum absolute atomic E-state index is 13.3. The third-order valence-electron chi connectivity index (χ3n) is 4.26. The maximum atomic E-state index is 13.3. The van der Waals surface area contributed by atoms with Crippen LogP contribution in [0.2, 0.25) is 0 Å². The highest BCUT2D eigenvalue weighted by atomic mass is 19.1. The van der Waals surface area contributed by atoms with Gasteiger partial charge in [-0.1, -0.05) is 6.07 Å². The normalized spacial score (nSPS) is 11.2. The first-order valence-electron chi connectivity index (χ1n) is 7.90. The quantitative estimate of drug-likeness (QED) is 0.615. The molecule has 130 valence electrons. The number of aromatic nitrogens is 3. The minimum Gasteiger partial charge on any atom is -0.496 e. The van der Waals surface area contributed by atoms with Crippen LogP contribution in [-0.4, -0.2) is 21.6 Å². The van der Waals surface area contributed by atoms with E-state index in [9.17, 15) is 14.0 Å². The molecule has 0 saturated carbocycles. The van der Waals surface area contributed by atoms with Gasteiger partial charge in [-0.3, -0.25) is 14.2 Å². The van der Waals surface area contributed by atoms with Gasteiger partial charge < -0.3 is 9.72 Å². The van der Waals surface area contributed by atoms with Gasteiger partial charge in [0.15, 0.2) is 0 Å². The molecule has 0 fully saturated rings. The number of hydrogen-bond donors (Lipinski definition) is 1. The minimum atomic E-state index is -0.428. The van der Waals surface area contributed by atoms with Crippen molar-refractivity contribution in [2.75, 3.05) is 7.11 Å². The summed E-state index contributed by atoms with van der Waals surface area (Å²) in [6, 6.07) is 11.0. The number of nitrogens with zero attached hydrogens (tertiary/aromatic N) is 2. The summed E-state index contributed by atoms with van der Waals surface area (Å²) >= 11 is 0. The van der Waals surface area contributed by atoms with Crippen molar-refractivity contribution < 1.29 is 9.13 Å². The average molecular weight is 351 g/mol. The van der Waals surface area contributed by atoms with Crippen LogP contribution in [0.3, 0.4) is 0 Å². The Morgan fingerprint density at radius 3 is 2.85 bits per heavy atom. The lowest BCUT2D eigenvalue weighted by molar-refractivity contribution is 0.419. The second-order valence-electron chi connectivity index (χ2n) is 5.89. The van der Waals surface area contributed by atoms with Crippen LogP contribution in [0.1, 0.15) is 5.56 Å². The zero-order chi connectivity index (χ0) is 18.3. The highest BCUT2D eigenvalue weighted by Crippen LogP contribution is 2.20. The molecule has 6 nitrogen and oxygen atoms in total. The van der Waals surface area contributed by atoms with Gasteiger partial charge in [-0.05, 0) is 41.8 Å². The number of hydrogen-bond acceptors (Lipinski definition) is 4. The van der Waals surface area contributed by atoms with Crippen molar-refractivity contribution in [1.82, 2.24) is 14.5 Å². The first-order chi connectivity index (χ1) is 12.6. The van der Waals surface area contributed by atoms with E-state index in [4.69, 9.17) is 4.74 Å². The van der Waals surface area contributed by atoms with Crippen LogP contribution in [0, 0.1) is 5.82 Å². The number of H-pyrrole nitrogens is 1. The molecule has 2 aromatic heterocycles. The minimum absolute atomic E-state index is 0.0441. The molecule has 2 aromatic carbocycles. The van der Waals surface area contributed by atoms with Crippen molar-refractivity contribution in [3.05, 3.63) is 80.9 Å². The fourth-order valence-corrected chi connectivity index (χ4v) is 2.97. The van der Waals surface area contributed by atoms with Crippen LogP contribution in [-0.2, 0) is 6.54 Å². The molecule has 0 saturated heterocycles. The molecule has 0 aliphatic heterocycles. The van der Waals surface area contributed by atoms with Gasteiger partial charge >= 0.3 is 0 Å². The number of ether oxygens (including phenoxy) is 1. The molecule has 0 radical (unpaired) electrons. The standard InChI is InChI=1S/C19H14FN3O3/c1-26-16-4-2-3-14-17(16)19(25)23(10-21-14)9-12-7-11-5-6-13(20)8-15(11)22-18(12)24/h2-8,10H,9H2,1H3,(H,22,24). The Labute approximate surface area is 146 Å². The van der Waals surface area contributed by atoms with Crippen LogP contribution in [0.25, 0.3) is 21.8 Å². The Balaban J connectivity index is 1.85. The number of aromatic amines is 1. The highest BCUT2D eigenvalue weighted by Gasteiger charge is 2.11. The van der Waals surface area contributed by atoms with Gasteiger partial charge in [0.1, 0.15) is 17.0 Å². The number of nitrogens with one attached hydrogen (secondary N) is 1. The zero-order valence-electron chi connectivity index (χ0n) is 13.8. The van der Waals surface area contributed by atoms with Gasteiger partial charge in [-0.2, -0.15) is 0 Å².